The quantitative estimate of drug-likeness (QED) is 0.651. The van der Waals surface area contributed by atoms with E-state index in [4.69, 9.17) is 4.98 Å². The van der Waals surface area contributed by atoms with E-state index in [1.165, 1.54) is 0 Å². The van der Waals surface area contributed by atoms with Crippen molar-refractivity contribution in [3.63, 3.8) is 0 Å². The summed E-state index contributed by atoms with van der Waals surface area (Å²) in [7, 11) is 1.80. The molecular weight excluding hydrogens is 374 g/mol. The molecule has 4 heterocycles. The molecule has 0 atom stereocenters. The van der Waals surface area contributed by atoms with E-state index < -0.39 is 5.60 Å². The molecule has 6 nitrogen and oxygen atoms in total. The Hall–Kier alpha value is -3.12. The summed E-state index contributed by atoms with van der Waals surface area (Å²) in [5.41, 5.74) is 5.29. The first-order chi connectivity index (χ1) is 14.4. The lowest BCUT2D eigenvalue weighted by atomic mass is 10.0. The summed E-state index contributed by atoms with van der Waals surface area (Å²) in [5.74, 6) is 1.11. The molecule has 0 fully saturated rings. The molecule has 0 amide bonds. The van der Waals surface area contributed by atoms with Crippen LogP contribution < -0.4 is 0 Å². The maximum absolute atomic E-state index is 10.3. The highest BCUT2D eigenvalue weighted by molar-refractivity contribution is 6.11. The summed E-state index contributed by atoms with van der Waals surface area (Å²) in [4.78, 5) is 18.3. The van der Waals surface area contributed by atoms with Gasteiger partial charge in [-0.1, -0.05) is 6.08 Å². The minimum absolute atomic E-state index is 0.617. The minimum atomic E-state index is -1.01. The van der Waals surface area contributed by atoms with Crippen LogP contribution in [-0.2, 0) is 18.6 Å². The minimum Gasteiger partial charge on any atom is -0.384 e. The van der Waals surface area contributed by atoms with Gasteiger partial charge in [-0.05, 0) is 57.5 Å². The molecule has 0 unspecified atom stereocenters. The fraction of sp³-hybridized carbons (Fsp3) is 0.333. The Labute approximate surface area is 177 Å². The number of pyridine rings is 2. The molecule has 3 aromatic heterocycles. The van der Waals surface area contributed by atoms with Crippen LogP contribution in [0, 0.1) is 0 Å². The predicted molar refractivity (Wildman–Crippen MR) is 120 cm³/mol. The molecule has 3 aromatic rings. The second kappa shape index (κ2) is 7.95. The van der Waals surface area contributed by atoms with Gasteiger partial charge in [0.1, 0.15) is 17.1 Å². The van der Waals surface area contributed by atoms with Crippen LogP contribution in [-0.4, -0.2) is 37.4 Å². The maximum atomic E-state index is 10.3. The second-order valence-corrected chi connectivity index (χ2v) is 8.01. The monoisotopic (exact) mass is 401 g/mol. The van der Waals surface area contributed by atoms with E-state index in [9.17, 15) is 5.11 Å². The van der Waals surface area contributed by atoms with Gasteiger partial charge >= 0.3 is 0 Å². The number of hydrogen-bond acceptors (Lipinski definition) is 5. The van der Waals surface area contributed by atoms with Crippen LogP contribution in [0.4, 0.5) is 0 Å². The summed E-state index contributed by atoms with van der Waals surface area (Å²) < 4.78 is 2.30. The molecule has 0 saturated heterocycles. The third-order valence-electron chi connectivity index (χ3n) is 5.35. The van der Waals surface area contributed by atoms with Crippen molar-refractivity contribution in [1.82, 2.24) is 19.5 Å². The van der Waals surface area contributed by atoms with Crippen molar-refractivity contribution in [3.8, 4) is 22.5 Å². The molecule has 4 rings (SSSR count). The number of imidazole rings is 1. The molecule has 6 heteroatoms. The van der Waals surface area contributed by atoms with E-state index in [1.54, 1.807) is 27.1 Å². The van der Waals surface area contributed by atoms with Gasteiger partial charge in [-0.15, -0.1) is 0 Å². The van der Waals surface area contributed by atoms with Crippen LogP contribution in [0.15, 0.2) is 53.8 Å². The molecule has 30 heavy (non-hydrogen) atoms. The summed E-state index contributed by atoms with van der Waals surface area (Å²) in [6.45, 7) is 6.42. The summed E-state index contributed by atoms with van der Waals surface area (Å²) in [6.07, 6.45) is 9.62. The SMILES string of the molecule is C/C=C\C(=NC)c1nc2n(c1-c1ccnc(-c3ccnc(C(C)(C)O)c3)c1)CCC2. The van der Waals surface area contributed by atoms with Crippen molar-refractivity contribution < 1.29 is 5.11 Å². The third kappa shape index (κ3) is 3.71. The number of allylic oxidation sites excluding steroid dienone is 2. The molecule has 0 aliphatic carbocycles. The largest absolute Gasteiger partial charge is 0.384 e. The van der Waals surface area contributed by atoms with Crippen molar-refractivity contribution in [2.45, 2.75) is 45.8 Å². The zero-order chi connectivity index (χ0) is 21.3. The summed E-state index contributed by atoms with van der Waals surface area (Å²) in [5, 5.41) is 10.3. The first-order valence-corrected chi connectivity index (χ1v) is 10.3. The Kier molecular flexibility index (Phi) is 5.35. The van der Waals surface area contributed by atoms with Crippen LogP contribution in [0.3, 0.4) is 0 Å². The van der Waals surface area contributed by atoms with Crippen LogP contribution in [0.1, 0.15) is 44.4 Å². The van der Waals surface area contributed by atoms with E-state index in [0.717, 1.165) is 59.1 Å². The van der Waals surface area contributed by atoms with Crippen LogP contribution in [0.2, 0.25) is 0 Å². The fourth-order valence-corrected chi connectivity index (χ4v) is 3.87. The van der Waals surface area contributed by atoms with E-state index in [-0.39, 0.29) is 0 Å². The normalized spacial score (nSPS) is 14.5. The Morgan fingerprint density at radius 2 is 1.93 bits per heavy atom. The van der Waals surface area contributed by atoms with Gasteiger partial charge in [0.15, 0.2) is 0 Å². The second-order valence-electron chi connectivity index (χ2n) is 8.01. The average Bonchev–Trinajstić information content (AvgIpc) is 3.33. The molecule has 1 N–H and O–H groups in total. The highest BCUT2D eigenvalue weighted by Crippen LogP contribution is 2.32. The summed E-state index contributed by atoms with van der Waals surface area (Å²) >= 11 is 0. The maximum Gasteiger partial charge on any atom is 0.115 e. The zero-order valence-electron chi connectivity index (χ0n) is 17.9. The number of aromatic nitrogens is 4. The van der Waals surface area contributed by atoms with Crippen molar-refractivity contribution in [1.29, 1.82) is 0 Å². The van der Waals surface area contributed by atoms with Gasteiger partial charge in [-0.3, -0.25) is 15.0 Å². The molecule has 1 aliphatic heterocycles. The molecule has 154 valence electrons. The number of hydrogen-bond donors (Lipinski definition) is 1. The first-order valence-electron chi connectivity index (χ1n) is 10.3. The smallest absolute Gasteiger partial charge is 0.115 e. The number of aliphatic hydroxyl groups is 1. The third-order valence-corrected chi connectivity index (χ3v) is 5.35. The molecular formula is C24H27N5O. The molecule has 1 aliphatic rings. The van der Waals surface area contributed by atoms with E-state index >= 15 is 0 Å². The number of aliphatic imine (C=N–C) groups is 1. The van der Waals surface area contributed by atoms with Crippen molar-refractivity contribution in [2.24, 2.45) is 4.99 Å². The van der Waals surface area contributed by atoms with Gasteiger partial charge < -0.3 is 9.67 Å². The lowest BCUT2D eigenvalue weighted by molar-refractivity contribution is 0.0739. The van der Waals surface area contributed by atoms with Crippen molar-refractivity contribution >= 4 is 5.71 Å². The van der Waals surface area contributed by atoms with Gasteiger partial charge in [0.05, 0.1) is 22.8 Å². The van der Waals surface area contributed by atoms with Crippen LogP contribution in [0.25, 0.3) is 22.5 Å². The molecule has 0 radical (unpaired) electrons. The number of rotatable bonds is 5. The van der Waals surface area contributed by atoms with Gasteiger partial charge in [0.25, 0.3) is 0 Å². The lowest BCUT2D eigenvalue weighted by Crippen LogP contribution is -2.17. The Morgan fingerprint density at radius 1 is 1.17 bits per heavy atom. The highest BCUT2D eigenvalue weighted by Gasteiger charge is 2.24. The molecule has 0 spiro atoms. The fourth-order valence-electron chi connectivity index (χ4n) is 3.87. The molecule has 0 bridgehead atoms. The van der Waals surface area contributed by atoms with Gasteiger partial charge in [-0.25, -0.2) is 4.98 Å². The summed E-state index contributed by atoms with van der Waals surface area (Å²) in [6, 6.07) is 7.92. The standard InChI is InChI=1S/C24H27N5O/c1-5-7-18(25-4)22-23(29-13-6-8-21(29)28-22)17-10-11-26-19(14-17)16-9-12-27-20(15-16)24(2,3)30/h5,7,9-12,14-15,30H,6,8,13H2,1-4H3/b7-5-,25-18?. The van der Waals surface area contributed by atoms with Gasteiger partial charge in [0.2, 0.25) is 0 Å². The zero-order valence-corrected chi connectivity index (χ0v) is 17.9. The Bertz CT molecular complexity index is 1130. The predicted octanol–water partition coefficient (Wildman–Crippen LogP) is 4.18. The number of aryl methyl sites for hydroxylation is 1. The van der Waals surface area contributed by atoms with Crippen LogP contribution >= 0.6 is 0 Å². The number of fused-ring (bicyclic) bond motifs is 1. The van der Waals surface area contributed by atoms with Gasteiger partial charge in [0, 0.05) is 43.5 Å². The van der Waals surface area contributed by atoms with E-state index in [2.05, 4.69) is 25.6 Å². The topological polar surface area (TPSA) is 76.2 Å². The van der Waals surface area contributed by atoms with Crippen molar-refractivity contribution in [3.05, 3.63) is 66.0 Å². The Balaban J connectivity index is 1.85. The molecule has 0 aromatic carbocycles. The lowest BCUT2D eigenvalue weighted by Gasteiger charge is -2.17. The molecule has 0 saturated carbocycles. The van der Waals surface area contributed by atoms with Crippen molar-refractivity contribution in [2.75, 3.05) is 7.05 Å². The van der Waals surface area contributed by atoms with Gasteiger partial charge in [-0.2, -0.15) is 0 Å². The Morgan fingerprint density at radius 3 is 2.67 bits per heavy atom. The first kappa shape index (κ1) is 20.2. The van der Waals surface area contributed by atoms with Crippen LogP contribution in [0.5, 0.6) is 0 Å². The van der Waals surface area contributed by atoms with E-state index in [1.807, 2.05) is 43.5 Å². The highest BCUT2D eigenvalue weighted by atomic mass is 16.3. The van der Waals surface area contributed by atoms with E-state index in [0.29, 0.717) is 5.69 Å². The number of nitrogens with zero attached hydrogens (tertiary/aromatic N) is 5. The average molecular weight is 402 g/mol.